The van der Waals surface area contributed by atoms with E-state index in [0.29, 0.717) is 42.9 Å². The molecule has 0 bridgehead atoms. The number of thiophene rings is 1. The first-order valence-electron chi connectivity index (χ1n) is 9.46. The van der Waals surface area contributed by atoms with Crippen LogP contribution in [0.5, 0.6) is 5.75 Å². The van der Waals surface area contributed by atoms with E-state index in [9.17, 15) is 14.0 Å². The standard InChI is InChI=1S/C21H23FN2O3S/c1-27-17-3-4-18(22)16(11-17)12-23-8-2-6-21(20(23)26)7-9-24(14-21)19(25)15-5-10-28-13-15/h3-5,10-11,13H,2,6-9,12,14H2,1H3. The highest BCUT2D eigenvalue weighted by molar-refractivity contribution is 7.08. The Kier molecular flexibility index (Phi) is 5.10. The fourth-order valence-electron chi connectivity index (χ4n) is 4.30. The maximum atomic E-state index is 14.2. The molecule has 1 aromatic carbocycles. The van der Waals surface area contributed by atoms with Gasteiger partial charge in [0, 0.05) is 37.1 Å². The number of hydrogen-bond acceptors (Lipinski definition) is 4. The van der Waals surface area contributed by atoms with Crippen LogP contribution in [0.1, 0.15) is 35.2 Å². The smallest absolute Gasteiger partial charge is 0.254 e. The van der Waals surface area contributed by atoms with Crippen LogP contribution in [0.25, 0.3) is 0 Å². The van der Waals surface area contributed by atoms with Crippen molar-refractivity contribution in [2.75, 3.05) is 26.7 Å². The molecular formula is C21H23FN2O3S. The van der Waals surface area contributed by atoms with Crippen LogP contribution < -0.4 is 4.74 Å². The molecule has 5 nitrogen and oxygen atoms in total. The number of likely N-dealkylation sites (tertiary alicyclic amines) is 2. The molecule has 1 unspecified atom stereocenters. The van der Waals surface area contributed by atoms with E-state index < -0.39 is 5.41 Å². The van der Waals surface area contributed by atoms with Gasteiger partial charge < -0.3 is 14.5 Å². The van der Waals surface area contributed by atoms with Crippen molar-refractivity contribution in [3.63, 3.8) is 0 Å². The Bertz CT molecular complexity index is 886. The summed E-state index contributed by atoms with van der Waals surface area (Å²) in [5.41, 5.74) is 0.591. The van der Waals surface area contributed by atoms with E-state index in [1.165, 1.54) is 24.5 Å². The number of ether oxygens (including phenoxy) is 1. The molecule has 28 heavy (non-hydrogen) atoms. The van der Waals surface area contributed by atoms with E-state index in [0.717, 1.165) is 12.8 Å². The predicted molar refractivity (Wildman–Crippen MR) is 105 cm³/mol. The fraction of sp³-hybridized carbons (Fsp3) is 0.429. The van der Waals surface area contributed by atoms with Gasteiger partial charge in [0.25, 0.3) is 5.91 Å². The summed E-state index contributed by atoms with van der Waals surface area (Å²) in [7, 11) is 1.54. The highest BCUT2D eigenvalue weighted by atomic mass is 32.1. The lowest BCUT2D eigenvalue weighted by molar-refractivity contribution is -0.146. The molecule has 1 atom stereocenters. The lowest BCUT2D eigenvalue weighted by Crippen LogP contribution is -2.50. The van der Waals surface area contributed by atoms with Gasteiger partial charge in [-0.15, -0.1) is 0 Å². The molecule has 2 saturated heterocycles. The Morgan fingerprint density at radius 1 is 1.29 bits per heavy atom. The van der Waals surface area contributed by atoms with Gasteiger partial charge in [-0.25, -0.2) is 4.39 Å². The number of amides is 2. The summed E-state index contributed by atoms with van der Waals surface area (Å²) in [6.07, 6.45) is 2.30. The first kappa shape index (κ1) is 18.9. The molecule has 3 heterocycles. The summed E-state index contributed by atoms with van der Waals surface area (Å²) < 4.78 is 19.4. The first-order chi connectivity index (χ1) is 13.5. The molecule has 2 aliphatic rings. The van der Waals surface area contributed by atoms with Crippen LogP contribution in [0.2, 0.25) is 0 Å². The molecule has 1 aromatic heterocycles. The van der Waals surface area contributed by atoms with Gasteiger partial charge in [-0.1, -0.05) is 0 Å². The maximum absolute atomic E-state index is 14.2. The van der Waals surface area contributed by atoms with Crippen LogP contribution in [0.4, 0.5) is 4.39 Å². The van der Waals surface area contributed by atoms with Crippen LogP contribution in [0.15, 0.2) is 35.0 Å². The summed E-state index contributed by atoms with van der Waals surface area (Å²) in [5, 5.41) is 3.73. The second-order valence-corrected chi connectivity index (χ2v) is 8.34. The molecule has 2 aliphatic heterocycles. The molecule has 0 saturated carbocycles. The number of rotatable bonds is 4. The summed E-state index contributed by atoms with van der Waals surface area (Å²) in [6, 6.07) is 6.40. The van der Waals surface area contributed by atoms with Crippen molar-refractivity contribution in [2.45, 2.75) is 25.8 Å². The van der Waals surface area contributed by atoms with Crippen LogP contribution in [0.3, 0.4) is 0 Å². The third kappa shape index (κ3) is 3.39. The van der Waals surface area contributed by atoms with Gasteiger partial charge in [0.1, 0.15) is 11.6 Å². The van der Waals surface area contributed by atoms with Crippen molar-refractivity contribution in [3.05, 3.63) is 52.0 Å². The zero-order valence-electron chi connectivity index (χ0n) is 15.8. The summed E-state index contributed by atoms with van der Waals surface area (Å²) >= 11 is 1.49. The van der Waals surface area contributed by atoms with E-state index in [-0.39, 0.29) is 24.2 Å². The second-order valence-electron chi connectivity index (χ2n) is 7.56. The summed E-state index contributed by atoms with van der Waals surface area (Å²) in [4.78, 5) is 29.5. The lowest BCUT2D eigenvalue weighted by Gasteiger charge is -2.39. The Labute approximate surface area is 167 Å². The molecular weight excluding hydrogens is 379 g/mol. The minimum Gasteiger partial charge on any atom is -0.497 e. The van der Waals surface area contributed by atoms with Gasteiger partial charge >= 0.3 is 0 Å². The Morgan fingerprint density at radius 3 is 2.89 bits per heavy atom. The molecule has 148 valence electrons. The van der Waals surface area contributed by atoms with Crippen LogP contribution >= 0.6 is 11.3 Å². The Hall–Kier alpha value is -2.41. The SMILES string of the molecule is COc1ccc(F)c(CN2CCCC3(CCN(C(=O)c4ccsc4)C3)C2=O)c1. The van der Waals surface area contributed by atoms with Gasteiger partial charge in [-0.2, -0.15) is 11.3 Å². The topological polar surface area (TPSA) is 49.9 Å². The average Bonchev–Trinajstić information content (AvgIpc) is 3.38. The van der Waals surface area contributed by atoms with Gasteiger partial charge in [0.2, 0.25) is 5.91 Å². The van der Waals surface area contributed by atoms with E-state index in [2.05, 4.69) is 0 Å². The van der Waals surface area contributed by atoms with Crippen molar-refractivity contribution in [3.8, 4) is 5.75 Å². The molecule has 2 amide bonds. The first-order valence-corrected chi connectivity index (χ1v) is 10.4. The number of carbonyl (C=O) groups is 2. The lowest BCUT2D eigenvalue weighted by atomic mass is 9.78. The van der Waals surface area contributed by atoms with Gasteiger partial charge in [0.05, 0.1) is 18.1 Å². The van der Waals surface area contributed by atoms with Crippen molar-refractivity contribution >= 4 is 23.2 Å². The highest BCUT2D eigenvalue weighted by Crippen LogP contribution is 2.41. The zero-order chi connectivity index (χ0) is 19.7. The molecule has 7 heteroatoms. The third-order valence-corrected chi connectivity index (χ3v) is 6.53. The number of methoxy groups -OCH3 is 1. The largest absolute Gasteiger partial charge is 0.497 e. The molecule has 4 rings (SSSR count). The summed E-state index contributed by atoms with van der Waals surface area (Å²) in [5.74, 6) is 0.251. The number of carbonyl (C=O) groups excluding carboxylic acids is 2. The molecule has 1 spiro atoms. The third-order valence-electron chi connectivity index (χ3n) is 5.85. The maximum Gasteiger partial charge on any atom is 0.254 e. The van der Waals surface area contributed by atoms with Gasteiger partial charge in [0.15, 0.2) is 0 Å². The van der Waals surface area contributed by atoms with Gasteiger partial charge in [-0.05, 0) is 48.9 Å². The number of piperidine rings is 1. The second kappa shape index (κ2) is 7.54. The number of nitrogens with zero attached hydrogens (tertiary/aromatic N) is 2. The van der Waals surface area contributed by atoms with E-state index in [1.54, 1.807) is 21.9 Å². The Morgan fingerprint density at radius 2 is 2.14 bits per heavy atom. The summed E-state index contributed by atoms with van der Waals surface area (Å²) in [6.45, 7) is 1.86. The monoisotopic (exact) mass is 402 g/mol. The van der Waals surface area contributed by atoms with E-state index >= 15 is 0 Å². The van der Waals surface area contributed by atoms with Crippen LogP contribution in [-0.2, 0) is 11.3 Å². The zero-order valence-corrected chi connectivity index (χ0v) is 16.6. The average molecular weight is 402 g/mol. The molecule has 2 fully saturated rings. The minimum atomic E-state index is -0.542. The number of hydrogen-bond donors (Lipinski definition) is 0. The highest BCUT2D eigenvalue weighted by Gasteiger charge is 2.49. The predicted octanol–water partition coefficient (Wildman–Crippen LogP) is 3.55. The molecule has 0 aliphatic carbocycles. The fourth-order valence-corrected chi connectivity index (χ4v) is 4.93. The van der Waals surface area contributed by atoms with E-state index in [1.807, 2.05) is 16.8 Å². The number of halogens is 1. The normalized spacial score (nSPS) is 22.1. The number of benzene rings is 1. The van der Waals surface area contributed by atoms with Crippen LogP contribution in [-0.4, -0.2) is 48.4 Å². The van der Waals surface area contributed by atoms with Crippen molar-refractivity contribution in [1.29, 1.82) is 0 Å². The van der Waals surface area contributed by atoms with E-state index in [4.69, 9.17) is 4.74 Å². The van der Waals surface area contributed by atoms with Crippen molar-refractivity contribution < 1.29 is 18.7 Å². The molecule has 0 N–H and O–H groups in total. The minimum absolute atomic E-state index is 0.0121. The molecule has 0 radical (unpaired) electrons. The Balaban J connectivity index is 1.50. The molecule has 2 aromatic rings. The van der Waals surface area contributed by atoms with Gasteiger partial charge in [-0.3, -0.25) is 9.59 Å². The van der Waals surface area contributed by atoms with Crippen LogP contribution in [0, 0.1) is 11.2 Å². The quantitative estimate of drug-likeness (QED) is 0.786. The van der Waals surface area contributed by atoms with Crippen molar-refractivity contribution in [1.82, 2.24) is 9.80 Å². The van der Waals surface area contributed by atoms with Crippen molar-refractivity contribution in [2.24, 2.45) is 5.41 Å².